The van der Waals surface area contributed by atoms with Gasteiger partial charge in [0, 0.05) is 26.2 Å². The summed E-state index contributed by atoms with van der Waals surface area (Å²) in [6, 6.07) is 0. The lowest BCUT2D eigenvalue weighted by atomic mass is 10.1. The molecule has 0 unspecified atom stereocenters. The first-order valence-corrected chi connectivity index (χ1v) is 7.07. The van der Waals surface area contributed by atoms with E-state index in [0.717, 1.165) is 19.4 Å². The van der Waals surface area contributed by atoms with Gasteiger partial charge in [-0.25, -0.2) is 0 Å². The average molecular weight is 276 g/mol. The Morgan fingerprint density at radius 2 is 2.00 bits per heavy atom. The molecule has 112 valence electrons. The summed E-state index contributed by atoms with van der Waals surface area (Å²) in [6.07, 6.45) is 11.6. The minimum absolute atomic E-state index is 0.110. The smallest absolute Gasteiger partial charge is 0.220 e. The van der Waals surface area contributed by atoms with Crippen LogP contribution < -0.4 is 5.32 Å². The van der Waals surface area contributed by atoms with Crippen molar-refractivity contribution in [2.45, 2.75) is 33.1 Å². The number of nitrogens with one attached hydrogen (secondary N) is 1. The van der Waals surface area contributed by atoms with Gasteiger partial charge < -0.3 is 10.2 Å². The predicted molar refractivity (Wildman–Crippen MR) is 87.1 cm³/mol. The lowest BCUT2D eigenvalue weighted by Gasteiger charge is -2.12. The zero-order valence-corrected chi connectivity index (χ0v) is 13.1. The van der Waals surface area contributed by atoms with Crippen molar-refractivity contribution < 1.29 is 4.79 Å². The zero-order chi connectivity index (χ0) is 15.4. The first-order chi connectivity index (χ1) is 9.49. The largest absolute Gasteiger partial charge is 0.358 e. The van der Waals surface area contributed by atoms with E-state index < -0.39 is 0 Å². The monoisotopic (exact) mass is 276 g/mol. The van der Waals surface area contributed by atoms with Crippen LogP contribution in [0.1, 0.15) is 33.1 Å². The summed E-state index contributed by atoms with van der Waals surface area (Å²) in [6.45, 7) is 12.3. The molecular formula is C17H28N2O. The lowest BCUT2D eigenvalue weighted by Crippen LogP contribution is -2.27. The number of hydrogen-bond donors (Lipinski definition) is 1. The minimum atomic E-state index is 0.110. The Bertz CT molecular complexity index is 367. The van der Waals surface area contributed by atoms with Crippen molar-refractivity contribution in [1.82, 2.24) is 10.2 Å². The third-order valence-corrected chi connectivity index (χ3v) is 2.71. The highest BCUT2D eigenvalue weighted by atomic mass is 16.1. The fourth-order valence-electron chi connectivity index (χ4n) is 1.56. The van der Waals surface area contributed by atoms with Crippen LogP contribution in [0.25, 0.3) is 0 Å². The van der Waals surface area contributed by atoms with Crippen molar-refractivity contribution >= 4 is 5.91 Å². The number of rotatable bonds is 10. The van der Waals surface area contributed by atoms with Gasteiger partial charge in [-0.1, -0.05) is 45.2 Å². The van der Waals surface area contributed by atoms with Crippen molar-refractivity contribution in [1.29, 1.82) is 0 Å². The van der Waals surface area contributed by atoms with Crippen LogP contribution in [0.5, 0.6) is 0 Å². The Morgan fingerprint density at radius 3 is 2.55 bits per heavy atom. The molecule has 0 bridgehead atoms. The van der Waals surface area contributed by atoms with Crippen LogP contribution >= 0.6 is 0 Å². The van der Waals surface area contributed by atoms with E-state index in [1.807, 2.05) is 30.3 Å². The summed E-state index contributed by atoms with van der Waals surface area (Å²) in [5.41, 5.74) is 1.20. The van der Waals surface area contributed by atoms with Crippen molar-refractivity contribution in [3.8, 4) is 0 Å². The van der Waals surface area contributed by atoms with Crippen LogP contribution in [0.2, 0.25) is 0 Å². The number of carbonyl (C=O) groups is 1. The normalized spacial score (nSPS) is 11.7. The van der Waals surface area contributed by atoms with Gasteiger partial charge in [0.25, 0.3) is 0 Å². The highest BCUT2D eigenvalue weighted by molar-refractivity contribution is 5.76. The number of allylic oxidation sites excluding steroid dienone is 4. The second-order valence-electron chi connectivity index (χ2n) is 5.20. The summed E-state index contributed by atoms with van der Waals surface area (Å²) >= 11 is 0. The van der Waals surface area contributed by atoms with Crippen LogP contribution in [0.4, 0.5) is 0 Å². The van der Waals surface area contributed by atoms with E-state index in [1.54, 1.807) is 12.3 Å². The van der Waals surface area contributed by atoms with Gasteiger partial charge in [0.2, 0.25) is 5.91 Å². The molecule has 0 radical (unpaired) electrons. The number of amides is 1. The topological polar surface area (TPSA) is 32.3 Å². The van der Waals surface area contributed by atoms with Crippen molar-refractivity contribution in [3.63, 3.8) is 0 Å². The van der Waals surface area contributed by atoms with Gasteiger partial charge in [-0.15, -0.1) is 0 Å². The second-order valence-corrected chi connectivity index (χ2v) is 5.20. The van der Waals surface area contributed by atoms with Crippen molar-refractivity contribution in [3.05, 3.63) is 49.4 Å². The Balaban J connectivity index is 4.38. The van der Waals surface area contributed by atoms with Crippen LogP contribution in [0.3, 0.4) is 0 Å². The van der Waals surface area contributed by atoms with Gasteiger partial charge in [0.1, 0.15) is 0 Å². The summed E-state index contributed by atoms with van der Waals surface area (Å²) < 4.78 is 0. The van der Waals surface area contributed by atoms with Gasteiger partial charge in [-0.2, -0.15) is 0 Å². The predicted octanol–water partition coefficient (Wildman–Crippen LogP) is 3.63. The van der Waals surface area contributed by atoms with E-state index in [2.05, 4.69) is 32.3 Å². The van der Waals surface area contributed by atoms with Crippen LogP contribution in [-0.4, -0.2) is 24.4 Å². The van der Waals surface area contributed by atoms with Crippen LogP contribution in [-0.2, 0) is 4.79 Å². The molecule has 0 fully saturated rings. The third-order valence-electron chi connectivity index (χ3n) is 2.71. The SMILES string of the molecule is C=C/C=C\C/C(=C\N(C)C=C)CCC(=O)NCC(C)C. The summed E-state index contributed by atoms with van der Waals surface area (Å²) in [4.78, 5) is 13.6. The molecule has 0 spiro atoms. The number of nitrogens with zero attached hydrogens (tertiary/aromatic N) is 1. The molecule has 0 heterocycles. The maximum atomic E-state index is 11.7. The molecule has 0 aromatic rings. The van der Waals surface area contributed by atoms with Crippen LogP contribution in [0, 0.1) is 5.92 Å². The maximum absolute atomic E-state index is 11.7. The molecule has 0 aromatic carbocycles. The van der Waals surface area contributed by atoms with Gasteiger partial charge in [0.15, 0.2) is 0 Å². The van der Waals surface area contributed by atoms with Gasteiger partial charge in [-0.3, -0.25) is 4.79 Å². The van der Waals surface area contributed by atoms with Crippen molar-refractivity contribution in [2.24, 2.45) is 5.92 Å². The van der Waals surface area contributed by atoms with Gasteiger partial charge >= 0.3 is 0 Å². The Labute approximate surface area is 123 Å². The maximum Gasteiger partial charge on any atom is 0.220 e. The third kappa shape index (κ3) is 10.2. The first-order valence-electron chi connectivity index (χ1n) is 7.07. The minimum Gasteiger partial charge on any atom is -0.358 e. The molecule has 3 nitrogen and oxygen atoms in total. The molecule has 0 saturated heterocycles. The Kier molecular flexibility index (Phi) is 10.1. The lowest BCUT2D eigenvalue weighted by molar-refractivity contribution is -0.121. The summed E-state index contributed by atoms with van der Waals surface area (Å²) in [5, 5.41) is 2.94. The molecule has 0 rings (SSSR count). The second kappa shape index (κ2) is 11.1. The van der Waals surface area contributed by atoms with E-state index in [0.29, 0.717) is 12.3 Å². The molecule has 3 heteroatoms. The average Bonchev–Trinajstić information content (AvgIpc) is 2.42. The first kappa shape index (κ1) is 18.2. The van der Waals surface area contributed by atoms with E-state index in [4.69, 9.17) is 0 Å². The van der Waals surface area contributed by atoms with E-state index in [-0.39, 0.29) is 5.91 Å². The quantitative estimate of drug-likeness (QED) is 0.618. The summed E-state index contributed by atoms with van der Waals surface area (Å²) in [5.74, 6) is 0.593. The molecule has 0 atom stereocenters. The molecule has 0 saturated carbocycles. The zero-order valence-electron chi connectivity index (χ0n) is 13.1. The fraction of sp³-hybridized carbons (Fsp3) is 0.471. The van der Waals surface area contributed by atoms with E-state index >= 15 is 0 Å². The Morgan fingerprint density at radius 1 is 1.30 bits per heavy atom. The molecule has 0 aliphatic heterocycles. The van der Waals surface area contributed by atoms with E-state index in [9.17, 15) is 4.79 Å². The fourth-order valence-corrected chi connectivity index (χ4v) is 1.56. The standard InChI is InChI=1S/C17H28N2O/c1-6-8-9-10-16(14-19(5)7-2)11-12-17(20)18-13-15(3)4/h6-9,14-15H,1-2,10-13H2,3-5H3,(H,18,20)/b9-8-,16-14+. The molecule has 0 aliphatic carbocycles. The van der Waals surface area contributed by atoms with Gasteiger partial charge in [0.05, 0.1) is 0 Å². The molecular weight excluding hydrogens is 248 g/mol. The van der Waals surface area contributed by atoms with Crippen LogP contribution in [0.15, 0.2) is 49.4 Å². The van der Waals surface area contributed by atoms with E-state index in [1.165, 1.54) is 5.57 Å². The molecule has 20 heavy (non-hydrogen) atoms. The van der Waals surface area contributed by atoms with Crippen molar-refractivity contribution in [2.75, 3.05) is 13.6 Å². The molecule has 1 N–H and O–H groups in total. The molecule has 0 aliphatic rings. The molecule has 0 aromatic heterocycles. The Hall–Kier alpha value is -1.77. The number of carbonyl (C=O) groups excluding carboxylic acids is 1. The molecule has 1 amide bonds. The highest BCUT2D eigenvalue weighted by Gasteiger charge is 2.04. The summed E-state index contributed by atoms with van der Waals surface area (Å²) in [7, 11) is 1.93. The number of hydrogen-bond acceptors (Lipinski definition) is 2. The highest BCUT2D eigenvalue weighted by Crippen LogP contribution is 2.12. The van der Waals surface area contributed by atoms with Gasteiger partial charge in [-0.05, 0) is 30.5 Å².